The Hall–Kier alpha value is -3.40. The normalized spacial score (nSPS) is 11.3. The van der Waals surface area contributed by atoms with Crippen molar-refractivity contribution in [2.45, 2.75) is 0 Å². The van der Waals surface area contributed by atoms with Crippen LogP contribution in [0.5, 0.6) is 0 Å². The molecule has 0 fully saturated rings. The van der Waals surface area contributed by atoms with Gasteiger partial charge in [-0.3, -0.25) is 10.1 Å². The molecule has 0 amide bonds. The molecule has 3 N–H and O–H groups in total. The topological polar surface area (TPSA) is 67.6 Å². The average Bonchev–Trinajstić information content (AvgIpc) is 3.03. The number of aromatic nitrogens is 3. The number of nitrogens with zero attached hydrogens (tertiary/aromatic N) is 2. The summed E-state index contributed by atoms with van der Waals surface area (Å²) in [5.41, 5.74) is 11.7. The number of H-pyrrole nitrogens is 1. The van der Waals surface area contributed by atoms with Gasteiger partial charge in [0, 0.05) is 22.8 Å². The molecule has 0 saturated carbocycles. The maximum absolute atomic E-state index is 6.07. The van der Waals surface area contributed by atoms with Crippen LogP contribution in [0.1, 0.15) is 11.4 Å². The van der Waals surface area contributed by atoms with E-state index in [-0.39, 0.29) is 0 Å². The Morgan fingerprint density at radius 1 is 0.917 bits per heavy atom. The van der Waals surface area contributed by atoms with E-state index >= 15 is 0 Å². The number of benzene rings is 2. The highest BCUT2D eigenvalue weighted by Gasteiger charge is 2.07. The lowest BCUT2D eigenvalue weighted by molar-refractivity contribution is 1.11. The molecule has 0 aliphatic carbocycles. The number of aromatic amines is 1. The van der Waals surface area contributed by atoms with E-state index in [2.05, 4.69) is 33.4 Å². The Bertz CT molecular complexity index is 1020. The minimum atomic E-state index is 0.770. The van der Waals surface area contributed by atoms with Crippen LogP contribution in [-0.2, 0) is 0 Å². The molecule has 0 aliphatic heterocycles. The SMILES string of the molecule is Nc1ccccc1-c1ccc2c(/C=C/c3ccccn3)n[nH]c2c1. The number of para-hydroxylation sites is 1. The third-order valence-electron chi connectivity index (χ3n) is 3.96. The summed E-state index contributed by atoms with van der Waals surface area (Å²) in [5, 5.41) is 8.56. The highest BCUT2D eigenvalue weighted by atomic mass is 15.1. The van der Waals surface area contributed by atoms with Gasteiger partial charge >= 0.3 is 0 Å². The molecule has 2 heterocycles. The van der Waals surface area contributed by atoms with Gasteiger partial charge in [-0.25, -0.2) is 0 Å². The molecular weight excluding hydrogens is 296 g/mol. The number of fused-ring (bicyclic) bond motifs is 1. The second-order valence-electron chi connectivity index (χ2n) is 5.54. The first-order chi connectivity index (χ1) is 11.8. The van der Waals surface area contributed by atoms with Crippen LogP contribution in [0.25, 0.3) is 34.2 Å². The van der Waals surface area contributed by atoms with E-state index in [0.29, 0.717) is 0 Å². The summed E-state index contributed by atoms with van der Waals surface area (Å²) < 4.78 is 0. The first kappa shape index (κ1) is 14.2. The number of anilines is 1. The monoisotopic (exact) mass is 312 g/mol. The van der Waals surface area contributed by atoms with Crippen molar-refractivity contribution in [3.8, 4) is 11.1 Å². The van der Waals surface area contributed by atoms with Crippen LogP contribution in [-0.4, -0.2) is 15.2 Å². The minimum absolute atomic E-state index is 0.770. The summed E-state index contributed by atoms with van der Waals surface area (Å²) in [6, 6.07) is 19.9. The smallest absolute Gasteiger partial charge is 0.0928 e. The Morgan fingerprint density at radius 3 is 2.62 bits per heavy atom. The zero-order valence-electron chi connectivity index (χ0n) is 13.0. The maximum Gasteiger partial charge on any atom is 0.0928 e. The number of nitrogen functional groups attached to an aromatic ring is 1. The van der Waals surface area contributed by atoms with Gasteiger partial charge in [0.15, 0.2) is 0 Å². The lowest BCUT2D eigenvalue weighted by Crippen LogP contribution is -1.88. The van der Waals surface area contributed by atoms with Crippen LogP contribution < -0.4 is 5.73 Å². The van der Waals surface area contributed by atoms with Crippen molar-refractivity contribution in [2.24, 2.45) is 0 Å². The van der Waals surface area contributed by atoms with Gasteiger partial charge in [-0.15, -0.1) is 0 Å². The molecule has 4 nitrogen and oxygen atoms in total. The quantitative estimate of drug-likeness (QED) is 0.552. The number of nitrogens with two attached hydrogens (primary N) is 1. The van der Waals surface area contributed by atoms with E-state index in [1.807, 2.05) is 54.6 Å². The fourth-order valence-electron chi connectivity index (χ4n) is 2.73. The van der Waals surface area contributed by atoms with Crippen molar-refractivity contribution in [1.29, 1.82) is 0 Å². The molecule has 0 bridgehead atoms. The van der Waals surface area contributed by atoms with Crippen molar-refractivity contribution >= 4 is 28.7 Å². The summed E-state index contributed by atoms with van der Waals surface area (Å²) in [5.74, 6) is 0. The molecule has 2 aromatic carbocycles. The van der Waals surface area contributed by atoms with E-state index in [1.54, 1.807) is 6.20 Å². The van der Waals surface area contributed by atoms with Gasteiger partial charge in [0.1, 0.15) is 0 Å². The molecule has 116 valence electrons. The molecule has 0 saturated heterocycles. The van der Waals surface area contributed by atoms with Gasteiger partial charge in [-0.05, 0) is 48.0 Å². The fourth-order valence-corrected chi connectivity index (χ4v) is 2.73. The Kier molecular flexibility index (Phi) is 3.56. The lowest BCUT2D eigenvalue weighted by Gasteiger charge is -2.05. The van der Waals surface area contributed by atoms with Crippen molar-refractivity contribution in [2.75, 3.05) is 5.73 Å². The first-order valence-electron chi connectivity index (χ1n) is 7.73. The molecule has 2 aromatic heterocycles. The molecular formula is C20H16N4. The van der Waals surface area contributed by atoms with Crippen molar-refractivity contribution in [3.63, 3.8) is 0 Å². The second-order valence-corrected chi connectivity index (χ2v) is 5.54. The minimum Gasteiger partial charge on any atom is -0.398 e. The van der Waals surface area contributed by atoms with Gasteiger partial charge in [-0.1, -0.05) is 30.3 Å². The Balaban J connectivity index is 1.71. The number of hydrogen-bond donors (Lipinski definition) is 2. The van der Waals surface area contributed by atoms with E-state index < -0.39 is 0 Å². The molecule has 0 unspecified atom stereocenters. The largest absolute Gasteiger partial charge is 0.398 e. The van der Waals surface area contributed by atoms with E-state index in [4.69, 9.17) is 5.73 Å². The molecule has 24 heavy (non-hydrogen) atoms. The number of nitrogens with one attached hydrogen (secondary N) is 1. The molecule has 0 atom stereocenters. The maximum atomic E-state index is 6.07. The van der Waals surface area contributed by atoms with Crippen LogP contribution in [0, 0.1) is 0 Å². The predicted octanol–water partition coefficient (Wildman–Crippen LogP) is 4.38. The second kappa shape index (κ2) is 6.01. The molecule has 4 rings (SSSR count). The molecule has 0 aliphatic rings. The van der Waals surface area contributed by atoms with Crippen molar-refractivity contribution in [1.82, 2.24) is 15.2 Å². The van der Waals surface area contributed by atoms with Gasteiger partial charge in [0.25, 0.3) is 0 Å². The van der Waals surface area contributed by atoms with Crippen LogP contribution >= 0.6 is 0 Å². The predicted molar refractivity (Wildman–Crippen MR) is 99.1 cm³/mol. The summed E-state index contributed by atoms with van der Waals surface area (Å²) in [6.07, 6.45) is 5.70. The third kappa shape index (κ3) is 2.65. The average molecular weight is 312 g/mol. The van der Waals surface area contributed by atoms with Crippen molar-refractivity contribution < 1.29 is 0 Å². The Labute approximate surface area is 139 Å². The van der Waals surface area contributed by atoms with Gasteiger partial charge < -0.3 is 5.73 Å². The summed E-state index contributed by atoms with van der Waals surface area (Å²) in [6.45, 7) is 0. The van der Waals surface area contributed by atoms with E-state index in [1.165, 1.54) is 0 Å². The number of rotatable bonds is 3. The van der Waals surface area contributed by atoms with E-state index in [9.17, 15) is 0 Å². The lowest BCUT2D eigenvalue weighted by atomic mass is 10.0. The van der Waals surface area contributed by atoms with Crippen LogP contribution in [0.15, 0.2) is 66.9 Å². The standard InChI is InChI=1S/C20H16N4/c21-18-7-2-1-6-16(18)14-8-10-17-19(23-24-20(17)13-14)11-9-15-5-3-4-12-22-15/h1-13H,21H2,(H,23,24)/b11-9+. The summed E-state index contributed by atoms with van der Waals surface area (Å²) in [4.78, 5) is 4.28. The zero-order chi connectivity index (χ0) is 16.4. The van der Waals surface area contributed by atoms with Gasteiger partial charge in [0.05, 0.1) is 16.9 Å². The van der Waals surface area contributed by atoms with Crippen LogP contribution in [0.2, 0.25) is 0 Å². The Morgan fingerprint density at radius 2 is 1.79 bits per heavy atom. The fraction of sp³-hybridized carbons (Fsp3) is 0. The number of pyridine rings is 1. The van der Waals surface area contributed by atoms with Crippen molar-refractivity contribution in [3.05, 3.63) is 78.2 Å². The first-order valence-corrected chi connectivity index (χ1v) is 7.73. The molecule has 0 spiro atoms. The summed E-state index contributed by atoms with van der Waals surface area (Å²) in [7, 11) is 0. The molecule has 0 radical (unpaired) electrons. The molecule has 4 heteroatoms. The van der Waals surface area contributed by atoms with Crippen LogP contribution in [0.3, 0.4) is 0 Å². The van der Waals surface area contributed by atoms with Gasteiger partial charge in [-0.2, -0.15) is 5.10 Å². The van der Waals surface area contributed by atoms with E-state index in [0.717, 1.165) is 39.1 Å². The van der Waals surface area contributed by atoms with Crippen LogP contribution in [0.4, 0.5) is 5.69 Å². The summed E-state index contributed by atoms with van der Waals surface area (Å²) >= 11 is 0. The molecule has 4 aromatic rings. The highest BCUT2D eigenvalue weighted by molar-refractivity contribution is 5.93. The van der Waals surface area contributed by atoms with Gasteiger partial charge in [0.2, 0.25) is 0 Å². The number of hydrogen-bond acceptors (Lipinski definition) is 3. The highest BCUT2D eigenvalue weighted by Crippen LogP contribution is 2.29. The zero-order valence-corrected chi connectivity index (χ0v) is 13.0. The third-order valence-corrected chi connectivity index (χ3v) is 3.96.